The molecule has 3 aromatic rings. The molecule has 15 heteroatoms. The van der Waals surface area contributed by atoms with E-state index in [0.717, 1.165) is 5.56 Å². The minimum absolute atomic E-state index is 0.0295. The lowest BCUT2D eigenvalue weighted by molar-refractivity contribution is -0.149. The molecule has 36 heavy (non-hydrogen) atoms. The molecule has 0 spiro atoms. The largest absolute Gasteiger partial charge is 0.479 e. The molecule has 2 aromatic heterocycles. The Hall–Kier alpha value is -3.13. The number of hydrogen-bond donors (Lipinski definition) is 2. The van der Waals surface area contributed by atoms with Crippen molar-refractivity contribution < 1.29 is 42.2 Å². The molecular weight excluding hydrogens is 497 g/mol. The molecule has 2 fully saturated rings. The van der Waals surface area contributed by atoms with Gasteiger partial charge in [-0.2, -0.15) is 9.97 Å². The van der Waals surface area contributed by atoms with Crippen LogP contribution in [0.25, 0.3) is 11.2 Å². The summed E-state index contributed by atoms with van der Waals surface area (Å²) in [5, 5.41) is 11.4. The zero-order chi connectivity index (χ0) is 25.5. The SMILES string of the molecule is COc1nc(N)nc2c1ncn2[C@@H]1O[C@@H]2CO[P@@](=O)(OCC(=O)OCc3ccccc3)O[C@H]2[C@@]1(C)O. The predicted octanol–water partition coefficient (Wildman–Crippen LogP) is 1.35. The zero-order valence-electron chi connectivity index (χ0n) is 19.3. The summed E-state index contributed by atoms with van der Waals surface area (Å²) < 4.78 is 46.8. The van der Waals surface area contributed by atoms with Gasteiger partial charge in [0.15, 0.2) is 24.0 Å². The lowest BCUT2D eigenvalue weighted by atomic mass is 9.96. The quantitative estimate of drug-likeness (QED) is 0.336. The second-order valence-corrected chi connectivity index (χ2v) is 9.98. The normalized spacial score (nSPS) is 29.7. The highest BCUT2D eigenvalue weighted by Crippen LogP contribution is 2.58. The van der Waals surface area contributed by atoms with E-state index in [2.05, 4.69) is 15.0 Å². The van der Waals surface area contributed by atoms with E-state index in [-0.39, 0.29) is 30.7 Å². The highest BCUT2D eigenvalue weighted by Gasteiger charge is 2.60. The Morgan fingerprint density at radius 3 is 2.86 bits per heavy atom. The fraction of sp³-hybridized carbons (Fsp3) is 0.429. The highest BCUT2D eigenvalue weighted by atomic mass is 31.2. The number of nitrogens with zero attached hydrogens (tertiary/aromatic N) is 4. The van der Waals surface area contributed by atoms with Crippen molar-refractivity contribution in [2.75, 3.05) is 26.1 Å². The fourth-order valence-corrected chi connectivity index (χ4v) is 5.49. The predicted molar refractivity (Wildman–Crippen MR) is 121 cm³/mol. The van der Waals surface area contributed by atoms with Gasteiger partial charge in [-0.15, -0.1) is 0 Å². The number of rotatable bonds is 7. The Labute approximate surface area is 204 Å². The average molecular weight is 521 g/mol. The van der Waals surface area contributed by atoms with E-state index in [9.17, 15) is 14.5 Å². The van der Waals surface area contributed by atoms with Gasteiger partial charge in [0.2, 0.25) is 11.8 Å². The van der Waals surface area contributed by atoms with E-state index in [0.29, 0.717) is 5.52 Å². The van der Waals surface area contributed by atoms with Crippen molar-refractivity contribution in [3.05, 3.63) is 42.2 Å². The summed E-state index contributed by atoms with van der Waals surface area (Å²) in [6.07, 6.45) is -1.61. The monoisotopic (exact) mass is 521 g/mol. The second-order valence-electron chi connectivity index (χ2n) is 8.36. The first kappa shape index (κ1) is 24.6. The van der Waals surface area contributed by atoms with Gasteiger partial charge >= 0.3 is 13.8 Å². The molecule has 0 unspecified atom stereocenters. The van der Waals surface area contributed by atoms with Gasteiger partial charge in [0.25, 0.3) is 0 Å². The van der Waals surface area contributed by atoms with E-state index in [1.54, 1.807) is 12.1 Å². The molecule has 0 radical (unpaired) electrons. The van der Waals surface area contributed by atoms with Gasteiger partial charge in [-0.1, -0.05) is 30.3 Å². The van der Waals surface area contributed by atoms with E-state index in [1.807, 2.05) is 18.2 Å². The smallest absolute Gasteiger partial charge is 0.475 e. The number of phosphoric ester groups is 1. The number of methoxy groups -OCH3 is 1. The van der Waals surface area contributed by atoms with Crippen LogP contribution in [0.5, 0.6) is 5.88 Å². The number of nitrogens with two attached hydrogens (primary N) is 1. The number of benzene rings is 1. The van der Waals surface area contributed by atoms with Crippen molar-refractivity contribution >= 4 is 30.9 Å². The Bertz CT molecular complexity index is 1320. The molecule has 0 amide bonds. The van der Waals surface area contributed by atoms with Gasteiger partial charge in [-0.25, -0.2) is 14.3 Å². The maximum absolute atomic E-state index is 13.1. The van der Waals surface area contributed by atoms with Gasteiger partial charge in [0.1, 0.15) is 24.4 Å². The number of fused-ring (bicyclic) bond motifs is 2. The van der Waals surface area contributed by atoms with Gasteiger partial charge in [0.05, 0.1) is 20.0 Å². The fourth-order valence-electron chi connectivity index (χ4n) is 4.07. The Morgan fingerprint density at radius 2 is 2.11 bits per heavy atom. The molecule has 14 nitrogen and oxygen atoms in total. The Balaban J connectivity index is 1.28. The number of carbonyl (C=O) groups excluding carboxylic acids is 1. The average Bonchev–Trinajstić information content (AvgIpc) is 3.39. The van der Waals surface area contributed by atoms with Crippen LogP contribution in [-0.4, -0.2) is 68.7 Å². The summed E-state index contributed by atoms with van der Waals surface area (Å²) in [5.41, 5.74) is 5.39. The number of aliphatic hydroxyl groups is 1. The first-order valence-electron chi connectivity index (χ1n) is 10.9. The third-order valence-corrected chi connectivity index (χ3v) is 7.19. The number of aromatic nitrogens is 4. The summed E-state index contributed by atoms with van der Waals surface area (Å²) in [7, 11) is -2.80. The molecular formula is C21H24N5O9P. The molecule has 0 aliphatic carbocycles. The summed E-state index contributed by atoms with van der Waals surface area (Å²) in [6, 6.07) is 9.05. The molecule has 192 valence electrons. The van der Waals surface area contributed by atoms with Gasteiger partial charge in [0, 0.05) is 0 Å². The van der Waals surface area contributed by atoms with Crippen LogP contribution in [0.15, 0.2) is 36.7 Å². The van der Waals surface area contributed by atoms with Crippen molar-refractivity contribution in [1.82, 2.24) is 19.5 Å². The van der Waals surface area contributed by atoms with Crippen LogP contribution in [0.3, 0.4) is 0 Å². The van der Waals surface area contributed by atoms with Crippen LogP contribution < -0.4 is 10.5 Å². The minimum Gasteiger partial charge on any atom is -0.479 e. The van der Waals surface area contributed by atoms with Crippen molar-refractivity contribution in [3.8, 4) is 5.88 Å². The van der Waals surface area contributed by atoms with Crippen molar-refractivity contribution in [2.24, 2.45) is 0 Å². The number of anilines is 1. The Kier molecular flexibility index (Phi) is 6.41. The molecule has 0 saturated carbocycles. The molecule has 5 atom stereocenters. The van der Waals surface area contributed by atoms with Gasteiger partial charge in [-0.3, -0.25) is 18.1 Å². The summed E-state index contributed by atoms with van der Waals surface area (Å²) in [4.78, 5) is 24.5. The van der Waals surface area contributed by atoms with Crippen LogP contribution in [0.4, 0.5) is 5.95 Å². The first-order valence-corrected chi connectivity index (χ1v) is 12.3. The van der Waals surface area contributed by atoms with Crippen molar-refractivity contribution in [3.63, 3.8) is 0 Å². The molecule has 2 aliphatic heterocycles. The van der Waals surface area contributed by atoms with Crippen LogP contribution in [0.1, 0.15) is 18.7 Å². The van der Waals surface area contributed by atoms with E-state index >= 15 is 0 Å². The molecule has 2 saturated heterocycles. The topological polar surface area (TPSA) is 179 Å². The van der Waals surface area contributed by atoms with E-state index in [4.69, 9.17) is 33.5 Å². The maximum Gasteiger partial charge on any atom is 0.475 e. The van der Waals surface area contributed by atoms with Crippen LogP contribution >= 0.6 is 7.82 Å². The third kappa shape index (κ3) is 4.54. The molecule has 2 aliphatic rings. The second kappa shape index (κ2) is 9.39. The number of hydrogen-bond acceptors (Lipinski definition) is 13. The van der Waals surface area contributed by atoms with Crippen LogP contribution in [-0.2, 0) is 39.0 Å². The molecule has 3 N–H and O–H groups in total. The van der Waals surface area contributed by atoms with Gasteiger partial charge in [-0.05, 0) is 12.5 Å². The molecule has 0 bridgehead atoms. The number of imidazole rings is 1. The Morgan fingerprint density at radius 1 is 1.33 bits per heavy atom. The maximum atomic E-state index is 13.1. The van der Waals surface area contributed by atoms with Gasteiger partial charge < -0.3 is 25.1 Å². The molecule has 5 rings (SSSR count). The van der Waals surface area contributed by atoms with Crippen LogP contribution in [0, 0.1) is 0 Å². The highest BCUT2D eigenvalue weighted by molar-refractivity contribution is 7.48. The number of carbonyl (C=O) groups is 1. The van der Waals surface area contributed by atoms with Crippen molar-refractivity contribution in [1.29, 1.82) is 0 Å². The summed E-state index contributed by atoms with van der Waals surface area (Å²) in [5.74, 6) is -0.664. The standard InChI is InChI=1S/C21H24N5O9P/c1-21(28)16-13(34-19(21)26-11-23-15-17(26)24-20(22)25-18(15)30-2)9-32-36(29,35-16)33-10-14(27)31-8-12-6-4-3-5-7-12/h3-7,11,13,16,19,28H,8-10H2,1-2H3,(H2,22,24,25)/t13-,16-,19-,21-,36+/m1/s1. The number of esters is 1. The minimum atomic E-state index is -4.22. The zero-order valence-corrected chi connectivity index (χ0v) is 20.2. The summed E-state index contributed by atoms with van der Waals surface area (Å²) in [6.45, 7) is 0.582. The van der Waals surface area contributed by atoms with Crippen LogP contribution in [0.2, 0.25) is 0 Å². The summed E-state index contributed by atoms with van der Waals surface area (Å²) >= 11 is 0. The first-order chi connectivity index (χ1) is 17.2. The lowest BCUT2D eigenvalue weighted by Gasteiger charge is -2.34. The third-order valence-electron chi connectivity index (χ3n) is 5.79. The van der Waals surface area contributed by atoms with E-state index in [1.165, 1.54) is 24.9 Å². The molecule has 4 heterocycles. The number of ether oxygens (including phenoxy) is 3. The van der Waals surface area contributed by atoms with Crippen molar-refractivity contribution in [2.45, 2.75) is 37.6 Å². The number of phosphoric acid groups is 1. The molecule has 1 aromatic carbocycles. The lowest BCUT2D eigenvalue weighted by Crippen LogP contribution is -2.47. The van der Waals surface area contributed by atoms with E-state index < -0.39 is 44.4 Å². The number of nitrogen functional groups attached to an aromatic ring is 1.